The molecular weight excluding hydrogens is 787 g/mol. The van der Waals surface area contributed by atoms with Crippen molar-refractivity contribution in [3.63, 3.8) is 0 Å². The van der Waals surface area contributed by atoms with Crippen LogP contribution in [0.2, 0.25) is 0 Å². The van der Waals surface area contributed by atoms with E-state index in [0.29, 0.717) is 17.5 Å². The maximum absolute atomic E-state index is 5.24. The highest BCUT2D eigenvalue weighted by atomic mass is 32.1. The molecule has 6 heteroatoms. The highest BCUT2D eigenvalue weighted by molar-refractivity contribution is 7.26. The first-order valence-corrected chi connectivity index (χ1v) is 22.0. The summed E-state index contributed by atoms with van der Waals surface area (Å²) in [6, 6.07) is 75.7. The molecular formula is C57H35N5S. The van der Waals surface area contributed by atoms with E-state index in [1.54, 1.807) is 11.3 Å². The van der Waals surface area contributed by atoms with Gasteiger partial charge in [-0.25, -0.2) is 15.0 Å². The lowest BCUT2D eigenvalue weighted by molar-refractivity contribution is 1.07. The van der Waals surface area contributed by atoms with Crippen LogP contribution in [-0.4, -0.2) is 24.1 Å². The molecule has 0 unspecified atom stereocenters. The Labute approximate surface area is 366 Å². The fourth-order valence-corrected chi connectivity index (χ4v) is 10.7. The first kappa shape index (κ1) is 35.6. The molecule has 294 valence electrons. The molecule has 9 aromatic carbocycles. The number of nitrogens with zero attached hydrogens (tertiary/aromatic N) is 5. The summed E-state index contributed by atoms with van der Waals surface area (Å²) in [7, 11) is 0. The minimum absolute atomic E-state index is 0.645. The molecule has 0 aliphatic carbocycles. The van der Waals surface area contributed by atoms with Crippen molar-refractivity contribution < 1.29 is 0 Å². The van der Waals surface area contributed by atoms with Gasteiger partial charge in [-0.05, 0) is 77.9 Å². The third kappa shape index (κ3) is 5.73. The Bertz CT molecular complexity index is 3850. The van der Waals surface area contributed by atoms with Gasteiger partial charge in [0, 0.05) is 69.8 Å². The highest BCUT2D eigenvalue weighted by Gasteiger charge is 2.21. The van der Waals surface area contributed by atoms with Gasteiger partial charge in [0.1, 0.15) is 0 Å². The van der Waals surface area contributed by atoms with E-state index in [2.05, 4.69) is 185 Å². The average molecular weight is 822 g/mol. The summed E-state index contributed by atoms with van der Waals surface area (Å²) in [4.78, 5) is 15.5. The zero-order chi connectivity index (χ0) is 41.4. The number of benzene rings is 9. The minimum atomic E-state index is 0.645. The van der Waals surface area contributed by atoms with E-state index in [0.717, 1.165) is 43.8 Å². The quantitative estimate of drug-likeness (QED) is 0.168. The van der Waals surface area contributed by atoms with Crippen molar-refractivity contribution in [2.45, 2.75) is 0 Å². The maximum Gasteiger partial charge on any atom is 0.165 e. The first-order chi connectivity index (χ1) is 31.2. The van der Waals surface area contributed by atoms with E-state index in [1.165, 1.54) is 59.2 Å². The van der Waals surface area contributed by atoms with Gasteiger partial charge >= 0.3 is 0 Å². The number of thiophene rings is 1. The number of rotatable bonds is 6. The first-order valence-electron chi connectivity index (χ1n) is 21.2. The zero-order valence-electron chi connectivity index (χ0n) is 33.9. The average Bonchev–Trinajstić information content (AvgIpc) is 4.02. The third-order valence-electron chi connectivity index (χ3n) is 12.4. The van der Waals surface area contributed by atoms with Crippen LogP contribution in [0.4, 0.5) is 0 Å². The molecule has 13 rings (SSSR count). The number of hydrogen-bond acceptors (Lipinski definition) is 4. The molecule has 0 saturated heterocycles. The topological polar surface area (TPSA) is 48.5 Å². The summed E-state index contributed by atoms with van der Waals surface area (Å²) >= 11 is 1.79. The molecule has 4 aromatic heterocycles. The molecule has 0 spiro atoms. The Morgan fingerprint density at radius 2 is 0.762 bits per heavy atom. The van der Waals surface area contributed by atoms with Gasteiger partial charge in [-0.3, -0.25) is 0 Å². The molecule has 4 heterocycles. The fourth-order valence-electron chi connectivity index (χ4n) is 9.47. The van der Waals surface area contributed by atoms with E-state index in [1.807, 2.05) is 36.4 Å². The Morgan fingerprint density at radius 1 is 0.302 bits per heavy atom. The Kier molecular flexibility index (Phi) is 8.01. The van der Waals surface area contributed by atoms with E-state index in [-0.39, 0.29) is 0 Å². The summed E-state index contributed by atoms with van der Waals surface area (Å²) in [6.07, 6.45) is 0. The molecule has 0 bridgehead atoms. The molecule has 0 N–H and O–H groups in total. The van der Waals surface area contributed by atoms with Crippen LogP contribution in [0.15, 0.2) is 212 Å². The molecule has 0 amide bonds. The minimum Gasteiger partial charge on any atom is -0.309 e. The van der Waals surface area contributed by atoms with Gasteiger partial charge in [-0.2, -0.15) is 0 Å². The van der Waals surface area contributed by atoms with Gasteiger partial charge in [-0.15, -0.1) is 11.3 Å². The normalized spacial score (nSPS) is 11.8. The van der Waals surface area contributed by atoms with Crippen LogP contribution in [0.25, 0.3) is 120 Å². The van der Waals surface area contributed by atoms with Crippen LogP contribution in [0, 0.1) is 0 Å². The van der Waals surface area contributed by atoms with Crippen molar-refractivity contribution in [2.24, 2.45) is 0 Å². The lowest BCUT2D eigenvalue weighted by Gasteiger charge is -2.13. The predicted octanol–water partition coefficient (Wildman–Crippen LogP) is 15.1. The van der Waals surface area contributed by atoms with E-state index >= 15 is 0 Å². The summed E-state index contributed by atoms with van der Waals surface area (Å²) < 4.78 is 7.16. The van der Waals surface area contributed by atoms with Crippen LogP contribution in [-0.2, 0) is 0 Å². The second-order valence-corrected chi connectivity index (χ2v) is 17.1. The van der Waals surface area contributed by atoms with Gasteiger partial charge in [0.15, 0.2) is 17.5 Å². The molecule has 0 radical (unpaired) electrons. The molecule has 0 fully saturated rings. The largest absolute Gasteiger partial charge is 0.309 e. The number of aromatic nitrogens is 5. The number of hydrogen-bond donors (Lipinski definition) is 0. The van der Waals surface area contributed by atoms with E-state index in [4.69, 9.17) is 15.0 Å². The van der Waals surface area contributed by atoms with Gasteiger partial charge in [0.2, 0.25) is 0 Å². The SMILES string of the molecule is c1ccc(-c2nc(-c3ccccc3)nc(-c3cc(-n4c5ccccc5c5cc(-c6ccc7c(c6)c6ccccc6n7-c6ccccc6)ccc54)cc4c3sc3ccccc34)n2)cc1. The molecule has 0 aliphatic heterocycles. The predicted molar refractivity (Wildman–Crippen MR) is 263 cm³/mol. The highest BCUT2D eigenvalue weighted by Crippen LogP contribution is 2.44. The summed E-state index contributed by atoms with van der Waals surface area (Å²) in [5, 5.41) is 7.27. The summed E-state index contributed by atoms with van der Waals surface area (Å²) in [5.74, 6) is 1.94. The monoisotopic (exact) mass is 821 g/mol. The lowest BCUT2D eigenvalue weighted by Crippen LogP contribution is -2.01. The third-order valence-corrected chi connectivity index (χ3v) is 13.6. The molecule has 63 heavy (non-hydrogen) atoms. The molecule has 0 atom stereocenters. The standard InChI is InChI=1S/C57H35N5S/c1-4-16-36(17-5-1)55-58-56(37-18-6-2-7-19-37)60-57(59-55)48-35-41(34-47-44-24-12-15-27-53(44)63-54(47)48)62-50-26-14-11-23-43(50)46-33-39(29-31-52(46)62)38-28-30-51-45(32-38)42-22-10-13-25-49(42)61(51)40-20-8-3-9-21-40/h1-35H. The van der Waals surface area contributed by atoms with Crippen molar-refractivity contribution >= 4 is 75.1 Å². The summed E-state index contributed by atoms with van der Waals surface area (Å²) in [6.45, 7) is 0. The second-order valence-electron chi connectivity index (χ2n) is 16.0. The number of para-hydroxylation sites is 3. The van der Waals surface area contributed by atoms with E-state index in [9.17, 15) is 0 Å². The molecule has 0 saturated carbocycles. The van der Waals surface area contributed by atoms with Crippen molar-refractivity contribution in [3.05, 3.63) is 212 Å². The number of fused-ring (bicyclic) bond motifs is 9. The smallest absolute Gasteiger partial charge is 0.165 e. The Balaban J connectivity index is 1.03. The van der Waals surface area contributed by atoms with Crippen LogP contribution >= 0.6 is 11.3 Å². The molecule has 5 nitrogen and oxygen atoms in total. The van der Waals surface area contributed by atoms with Crippen molar-refractivity contribution in [2.75, 3.05) is 0 Å². The van der Waals surface area contributed by atoms with Gasteiger partial charge in [0.05, 0.1) is 22.1 Å². The Morgan fingerprint density at radius 3 is 1.35 bits per heavy atom. The van der Waals surface area contributed by atoms with Crippen molar-refractivity contribution in [1.29, 1.82) is 0 Å². The van der Waals surface area contributed by atoms with Crippen molar-refractivity contribution in [1.82, 2.24) is 24.1 Å². The van der Waals surface area contributed by atoms with Crippen molar-refractivity contribution in [3.8, 4) is 56.7 Å². The van der Waals surface area contributed by atoms with Crippen LogP contribution in [0.5, 0.6) is 0 Å². The fraction of sp³-hybridized carbons (Fsp3) is 0. The van der Waals surface area contributed by atoms with Crippen LogP contribution < -0.4 is 0 Å². The zero-order valence-corrected chi connectivity index (χ0v) is 34.7. The van der Waals surface area contributed by atoms with Gasteiger partial charge in [-0.1, -0.05) is 146 Å². The Hall–Kier alpha value is -8.19. The second kappa shape index (κ2) is 14.2. The summed E-state index contributed by atoms with van der Waals surface area (Å²) in [5.41, 5.74) is 12.1. The van der Waals surface area contributed by atoms with Gasteiger partial charge < -0.3 is 9.13 Å². The van der Waals surface area contributed by atoms with Crippen LogP contribution in [0.3, 0.4) is 0 Å². The lowest BCUT2D eigenvalue weighted by atomic mass is 10.0. The van der Waals surface area contributed by atoms with E-state index < -0.39 is 0 Å². The van der Waals surface area contributed by atoms with Gasteiger partial charge in [0.25, 0.3) is 0 Å². The molecule has 13 aromatic rings. The van der Waals surface area contributed by atoms with Crippen LogP contribution in [0.1, 0.15) is 0 Å². The maximum atomic E-state index is 5.24. The molecule has 0 aliphatic rings.